The Labute approximate surface area is 188 Å². The molecule has 1 atom stereocenters. The molecule has 1 fully saturated rings. The summed E-state index contributed by atoms with van der Waals surface area (Å²) in [6, 6.07) is 10.7. The van der Waals surface area contributed by atoms with E-state index in [1.807, 2.05) is 58.9 Å². The summed E-state index contributed by atoms with van der Waals surface area (Å²) in [7, 11) is 1.56. The van der Waals surface area contributed by atoms with Crippen LogP contribution in [0.5, 0.6) is 11.6 Å². The minimum atomic E-state index is -0.745. The van der Waals surface area contributed by atoms with Crippen LogP contribution in [0.4, 0.5) is 4.79 Å². The maximum absolute atomic E-state index is 12.8. The van der Waals surface area contributed by atoms with Gasteiger partial charge in [-0.2, -0.15) is 0 Å². The topological polar surface area (TPSA) is 90.0 Å². The maximum Gasteiger partial charge on any atom is 0.412 e. The molecule has 8 heteroatoms. The van der Waals surface area contributed by atoms with Crippen molar-refractivity contribution in [3.63, 3.8) is 0 Å². The van der Waals surface area contributed by atoms with Crippen LogP contribution in [-0.4, -0.2) is 52.9 Å². The van der Waals surface area contributed by atoms with Crippen LogP contribution < -0.4 is 10.1 Å². The Bertz CT molecular complexity index is 966. The summed E-state index contributed by atoms with van der Waals surface area (Å²) >= 11 is 0. The van der Waals surface area contributed by atoms with Gasteiger partial charge in [0, 0.05) is 13.2 Å². The minimum Gasteiger partial charge on any atom is -0.444 e. The van der Waals surface area contributed by atoms with E-state index >= 15 is 0 Å². The van der Waals surface area contributed by atoms with Gasteiger partial charge < -0.3 is 19.5 Å². The van der Waals surface area contributed by atoms with Crippen molar-refractivity contribution in [1.82, 2.24) is 15.2 Å². The van der Waals surface area contributed by atoms with E-state index in [2.05, 4.69) is 10.3 Å². The molecule has 2 aromatic rings. The highest BCUT2D eigenvalue weighted by molar-refractivity contribution is 5.96. The lowest BCUT2D eigenvalue weighted by Gasteiger charge is -2.35. The molecule has 1 saturated heterocycles. The predicted molar refractivity (Wildman–Crippen MR) is 120 cm³/mol. The largest absolute Gasteiger partial charge is 0.444 e. The molecular weight excluding hydrogens is 410 g/mol. The summed E-state index contributed by atoms with van der Waals surface area (Å²) in [6.45, 7) is 9.70. The Morgan fingerprint density at radius 1 is 1.22 bits per heavy atom. The van der Waals surface area contributed by atoms with E-state index in [1.165, 1.54) is 0 Å². The second kappa shape index (κ2) is 9.16. The molecule has 0 aliphatic carbocycles. The zero-order chi connectivity index (χ0) is 23.5. The molecule has 0 bridgehead atoms. The van der Waals surface area contributed by atoms with Crippen LogP contribution >= 0.6 is 0 Å². The van der Waals surface area contributed by atoms with Gasteiger partial charge in [-0.25, -0.2) is 9.78 Å². The van der Waals surface area contributed by atoms with E-state index in [-0.39, 0.29) is 23.9 Å². The van der Waals surface area contributed by atoms with Crippen LogP contribution in [0.1, 0.15) is 50.5 Å². The Morgan fingerprint density at radius 2 is 1.91 bits per heavy atom. The van der Waals surface area contributed by atoms with Gasteiger partial charge in [-0.15, -0.1) is 0 Å². The fourth-order valence-electron chi connectivity index (χ4n) is 3.57. The first-order chi connectivity index (χ1) is 15.0. The summed E-state index contributed by atoms with van der Waals surface area (Å²) in [5, 5.41) is 2.58. The molecule has 1 unspecified atom stereocenters. The summed E-state index contributed by atoms with van der Waals surface area (Å²) < 4.78 is 17.3. The third-order valence-electron chi connectivity index (χ3n) is 5.02. The highest BCUT2D eigenvalue weighted by atomic mass is 16.6. The Kier molecular flexibility index (Phi) is 6.74. The molecule has 1 aromatic carbocycles. The SMILES string of the molecule is CNC(=O)c1cccnc1Oc1ccc(CC2COC(C)(C)N2C(=O)OC(C)(C)C)cc1. The lowest BCUT2D eigenvalue weighted by atomic mass is 10.0. The molecule has 8 nitrogen and oxygen atoms in total. The van der Waals surface area contributed by atoms with E-state index in [1.54, 1.807) is 30.3 Å². The summed E-state index contributed by atoms with van der Waals surface area (Å²) in [4.78, 5) is 30.7. The summed E-state index contributed by atoms with van der Waals surface area (Å²) in [5.74, 6) is 0.530. The van der Waals surface area contributed by atoms with Gasteiger partial charge in [-0.3, -0.25) is 9.69 Å². The number of carbonyl (C=O) groups excluding carboxylic acids is 2. The number of rotatable bonds is 5. The lowest BCUT2D eigenvalue weighted by Crippen LogP contribution is -2.50. The number of hydrogen-bond acceptors (Lipinski definition) is 6. The summed E-state index contributed by atoms with van der Waals surface area (Å²) in [6.07, 6.45) is 1.79. The monoisotopic (exact) mass is 441 g/mol. The fourth-order valence-corrected chi connectivity index (χ4v) is 3.57. The number of nitrogens with zero attached hydrogens (tertiary/aromatic N) is 2. The van der Waals surface area contributed by atoms with Crippen LogP contribution in [-0.2, 0) is 15.9 Å². The molecule has 3 rings (SSSR count). The Morgan fingerprint density at radius 3 is 2.53 bits per heavy atom. The highest BCUT2D eigenvalue weighted by Gasteiger charge is 2.45. The summed E-state index contributed by atoms with van der Waals surface area (Å²) in [5.41, 5.74) is 0.0472. The number of amides is 2. The molecule has 2 heterocycles. The van der Waals surface area contributed by atoms with Crippen molar-refractivity contribution in [2.45, 2.75) is 58.4 Å². The predicted octanol–water partition coefficient (Wildman–Crippen LogP) is 4.15. The van der Waals surface area contributed by atoms with Crippen molar-refractivity contribution in [1.29, 1.82) is 0 Å². The molecule has 0 spiro atoms. The van der Waals surface area contributed by atoms with E-state index in [9.17, 15) is 9.59 Å². The smallest absolute Gasteiger partial charge is 0.412 e. The molecule has 1 N–H and O–H groups in total. The van der Waals surface area contributed by atoms with Gasteiger partial charge >= 0.3 is 6.09 Å². The number of pyridine rings is 1. The van der Waals surface area contributed by atoms with E-state index in [0.717, 1.165) is 5.56 Å². The third kappa shape index (κ3) is 5.56. The van der Waals surface area contributed by atoms with E-state index in [4.69, 9.17) is 14.2 Å². The van der Waals surface area contributed by atoms with Gasteiger partial charge in [-0.05, 0) is 70.9 Å². The van der Waals surface area contributed by atoms with Gasteiger partial charge in [0.2, 0.25) is 5.88 Å². The number of ether oxygens (including phenoxy) is 3. The minimum absolute atomic E-state index is 0.151. The Hall–Kier alpha value is -3.13. The van der Waals surface area contributed by atoms with Crippen LogP contribution in [0.2, 0.25) is 0 Å². The van der Waals surface area contributed by atoms with Gasteiger partial charge in [0.05, 0.1) is 12.6 Å². The highest BCUT2D eigenvalue weighted by Crippen LogP contribution is 2.31. The maximum atomic E-state index is 12.8. The number of aromatic nitrogens is 1. The zero-order valence-corrected chi connectivity index (χ0v) is 19.5. The van der Waals surface area contributed by atoms with Crippen molar-refractivity contribution >= 4 is 12.0 Å². The van der Waals surface area contributed by atoms with E-state index in [0.29, 0.717) is 24.3 Å². The van der Waals surface area contributed by atoms with E-state index < -0.39 is 11.3 Å². The third-order valence-corrected chi connectivity index (χ3v) is 5.02. The normalized spacial score (nSPS) is 17.7. The Balaban J connectivity index is 1.72. The van der Waals surface area contributed by atoms with Crippen LogP contribution in [0.25, 0.3) is 0 Å². The molecule has 1 aromatic heterocycles. The molecule has 0 radical (unpaired) electrons. The lowest BCUT2D eigenvalue weighted by molar-refractivity contribution is -0.0624. The van der Waals surface area contributed by atoms with Crippen LogP contribution in [0.3, 0.4) is 0 Å². The molecule has 1 aliphatic rings. The fraction of sp³-hybridized carbons (Fsp3) is 0.458. The van der Waals surface area contributed by atoms with Gasteiger partial charge in [0.25, 0.3) is 5.91 Å². The molecule has 32 heavy (non-hydrogen) atoms. The zero-order valence-electron chi connectivity index (χ0n) is 19.5. The first-order valence-corrected chi connectivity index (χ1v) is 10.6. The quantitative estimate of drug-likeness (QED) is 0.750. The average Bonchev–Trinajstić information content (AvgIpc) is 3.02. The number of carbonyl (C=O) groups is 2. The standard InChI is InChI=1S/C24H31N3O5/c1-23(2,3)32-22(29)27-17(15-30-24(27,4)5)14-16-9-11-18(12-10-16)31-21-19(20(28)25-6)8-7-13-26-21/h7-13,17H,14-15H2,1-6H3,(H,25,28). The van der Waals surface area contributed by atoms with Gasteiger partial charge in [0.1, 0.15) is 22.6 Å². The van der Waals surface area contributed by atoms with Crippen molar-refractivity contribution < 1.29 is 23.8 Å². The molecule has 2 amide bonds. The van der Waals surface area contributed by atoms with Crippen molar-refractivity contribution in [3.05, 3.63) is 53.7 Å². The van der Waals surface area contributed by atoms with Crippen molar-refractivity contribution in [2.24, 2.45) is 0 Å². The molecule has 1 aliphatic heterocycles. The van der Waals surface area contributed by atoms with Crippen molar-refractivity contribution in [3.8, 4) is 11.6 Å². The second-order valence-corrected chi connectivity index (χ2v) is 9.15. The number of hydrogen-bond donors (Lipinski definition) is 1. The van der Waals surface area contributed by atoms with Gasteiger partial charge in [-0.1, -0.05) is 12.1 Å². The van der Waals surface area contributed by atoms with Crippen molar-refractivity contribution in [2.75, 3.05) is 13.7 Å². The number of nitrogens with one attached hydrogen (secondary N) is 1. The molecule has 172 valence electrons. The molecule has 0 saturated carbocycles. The first kappa shape index (κ1) is 23.5. The van der Waals surface area contributed by atoms with Crippen LogP contribution in [0.15, 0.2) is 42.6 Å². The second-order valence-electron chi connectivity index (χ2n) is 9.15. The van der Waals surface area contributed by atoms with Crippen LogP contribution in [0, 0.1) is 0 Å². The number of benzene rings is 1. The first-order valence-electron chi connectivity index (χ1n) is 10.6. The average molecular weight is 442 g/mol. The van der Waals surface area contributed by atoms with Gasteiger partial charge in [0.15, 0.2) is 0 Å². The molecular formula is C24H31N3O5.